The Hall–Kier alpha value is 0.320. The van der Waals surface area contributed by atoms with Crippen LogP contribution in [0.4, 0.5) is 0 Å². The molecule has 0 bridgehead atoms. The van der Waals surface area contributed by atoms with Crippen LogP contribution >= 0.6 is 23.2 Å². The number of halogens is 2. The SMILES string of the molecule is CC1(C)C/C1=C1/C(C)(C)C1(Cl)Cl. The molecule has 0 nitrogen and oxygen atoms in total. The third-order valence-corrected chi connectivity index (χ3v) is 4.60. The Kier molecular flexibility index (Phi) is 1.39. The molecule has 2 aliphatic rings. The number of rotatable bonds is 0. The monoisotopic (exact) mass is 204 g/mol. The first-order valence-corrected chi connectivity index (χ1v) is 5.09. The summed E-state index contributed by atoms with van der Waals surface area (Å²) in [6.45, 7) is 8.72. The van der Waals surface area contributed by atoms with Gasteiger partial charge in [-0.2, -0.15) is 0 Å². The Morgan fingerprint density at radius 1 is 1.08 bits per heavy atom. The van der Waals surface area contributed by atoms with E-state index in [4.69, 9.17) is 23.2 Å². The second kappa shape index (κ2) is 1.88. The molecule has 0 spiro atoms. The third-order valence-electron chi connectivity index (χ3n) is 3.27. The lowest BCUT2D eigenvalue weighted by atomic mass is 10.1. The normalized spacial score (nSPS) is 39.5. The van der Waals surface area contributed by atoms with Gasteiger partial charge >= 0.3 is 0 Å². The molecular formula is C10H14Cl2. The third kappa shape index (κ3) is 0.858. The Balaban J connectivity index is 2.39. The van der Waals surface area contributed by atoms with Crippen LogP contribution in [-0.2, 0) is 0 Å². The van der Waals surface area contributed by atoms with E-state index in [-0.39, 0.29) is 5.41 Å². The largest absolute Gasteiger partial charge is 0.148 e. The smallest absolute Gasteiger partial charge is 0.0957 e. The van der Waals surface area contributed by atoms with Crippen LogP contribution in [0.5, 0.6) is 0 Å². The van der Waals surface area contributed by atoms with E-state index < -0.39 is 4.33 Å². The van der Waals surface area contributed by atoms with E-state index in [0.717, 1.165) is 0 Å². The van der Waals surface area contributed by atoms with Crippen molar-refractivity contribution in [1.82, 2.24) is 0 Å². The molecule has 2 fully saturated rings. The van der Waals surface area contributed by atoms with Crippen molar-refractivity contribution in [2.75, 3.05) is 0 Å². The summed E-state index contributed by atoms with van der Waals surface area (Å²) in [5.41, 5.74) is 3.15. The van der Waals surface area contributed by atoms with Gasteiger partial charge in [-0.15, -0.1) is 0 Å². The molecule has 2 heteroatoms. The summed E-state index contributed by atoms with van der Waals surface area (Å²) in [5.74, 6) is 0. The van der Waals surface area contributed by atoms with Crippen molar-refractivity contribution in [1.29, 1.82) is 0 Å². The van der Waals surface area contributed by atoms with Crippen molar-refractivity contribution in [3.63, 3.8) is 0 Å². The van der Waals surface area contributed by atoms with Crippen LogP contribution in [0.3, 0.4) is 0 Å². The van der Waals surface area contributed by atoms with E-state index in [0.29, 0.717) is 5.41 Å². The summed E-state index contributed by atoms with van der Waals surface area (Å²) >= 11 is 12.3. The molecule has 0 radical (unpaired) electrons. The van der Waals surface area contributed by atoms with Crippen molar-refractivity contribution in [2.45, 2.75) is 38.4 Å². The molecule has 0 aromatic carbocycles. The molecule has 68 valence electrons. The fourth-order valence-electron chi connectivity index (χ4n) is 1.96. The highest BCUT2D eigenvalue weighted by atomic mass is 35.5. The van der Waals surface area contributed by atoms with Crippen molar-refractivity contribution < 1.29 is 0 Å². The van der Waals surface area contributed by atoms with E-state index in [1.54, 1.807) is 0 Å². The first-order valence-electron chi connectivity index (χ1n) is 4.34. The minimum Gasteiger partial charge on any atom is -0.0957 e. The molecule has 0 amide bonds. The van der Waals surface area contributed by atoms with E-state index in [9.17, 15) is 0 Å². The second-order valence-corrected chi connectivity index (χ2v) is 6.44. The lowest BCUT2D eigenvalue weighted by Crippen LogP contribution is -1.96. The molecule has 12 heavy (non-hydrogen) atoms. The maximum Gasteiger partial charge on any atom is 0.148 e. The average Bonchev–Trinajstić information content (AvgIpc) is 2.48. The van der Waals surface area contributed by atoms with Gasteiger partial charge < -0.3 is 0 Å². The highest BCUT2D eigenvalue weighted by molar-refractivity contribution is 6.55. The van der Waals surface area contributed by atoms with Crippen molar-refractivity contribution in [2.24, 2.45) is 10.8 Å². The summed E-state index contributed by atoms with van der Waals surface area (Å²) in [7, 11) is 0. The van der Waals surface area contributed by atoms with Crippen LogP contribution in [0.1, 0.15) is 34.1 Å². The summed E-state index contributed by atoms with van der Waals surface area (Å²) < 4.78 is -0.573. The molecule has 0 atom stereocenters. The minimum absolute atomic E-state index is 0.0131. The fraction of sp³-hybridized carbons (Fsp3) is 0.800. The zero-order chi connectivity index (χ0) is 9.36. The van der Waals surface area contributed by atoms with Crippen LogP contribution in [0.15, 0.2) is 11.1 Å². The predicted octanol–water partition coefficient (Wildman–Crippen LogP) is 3.93. The minimum atomic E-state index is -0.573. The Morgan fingerprint density at radius 3 is 1.50 bits per heavy atom. The van der Waals surface area contributed by atoms with Crippen molar-refractivity contribution in [3.8, 4) is 0 Å². The van der Waals surface area contributed by atoms with Crippen molar-refractivity contribution >= 4 is 23.2 Å². The molecule has 0 aromatic heterocycles. The summed E-state index contributed by atoms with van der Waals surface area (Å²) in [5, 5.41) is 0. The number of allylic oxidation sites excluding steroid dienone is 2. The maximum absolute atomic E-state index is 6.17. The lowest BCUT2D eigenvalue weighted by molar-refractivity contribution is 0.659. The van der Waals surface area contributed by atoms with Crippen LogP contribution in [-0.4, -0.2) is 4.33 Å². The average molecular weight is 205 g/mol. The van der Waals surface area contributed by atoms with E-state index in [1.165, 1.54) is 17.6 Å². The van der Waals surface area contributed by atoms with Gasteiger partial charge in [-0.05, 0) is 17.4 Å². The molecule has 0 N–H and O–H groups in total. The zero-order valence-electron chi connectivity index (χ0n) is 7.96. The van der Waals surface area contributed by atoms with Crippen LogP contribution < -0.4 is 0 Å². The van der Waals surface area contributed by atoms with Gasteiger partial charge in [-0.1, -0.05) is 56.5 Å². The Labute approximate surface area is 83.9 Å². The van der Waals surface area contributed by atoms with Crippen LogP contribution in [0.25, 0.3) is 0 Å². The van der Waals surface area contributed by atoms with E-state index in [1.807, 2.05) is 0 Å². The second-order valence-electron chi connectivity index (χ2n) is 5.11. The lowest BCUT2D eigenvalue weighted by Gasteiger charge is -1.97. The zero-order valence-corrected chi connectivity index (χ0v) is 9.47. The summed E-state index contributed by atoms with van der Waals surface area (Å²) in [6, 6.07) is 0. The topological polar surface area (TPSA) is 0 Å². The molecule has 0 aromatic rings. The highest BCUT2D eigenvalue weighted by Crippen LogP contribution is 2.74. The van der Waals surface area contributed by atoms with Crippen LogP contribution in [0, 0.1) is 10.8 Å². The molecule has 2 rings (SSSR count). The van der Waals surface area contributed by atoms with E-state index >= 15 is 0 Å². The summed E-state index contributed by atoms with van der Waals surface area (Å²) in [6.07, 6.45) is 1.17. The molecule has 2 aliphatic carbocycles. The molecule has 0 saturated heterocycles. The van der Waals surface area contributed by atoms with E-state index in [2.05, 4.69) is 27.7 Å². The standard InChI is InChI=1S/C10H14Cl2/c1-8(2)5-6(8)7-9(3,4)10(7,11)12/h5H2,1-4H3/b7-6+. The Bertz CT molecular complexity index is 266. The van der Waals surface area contributed by atoms with Gasteiger partial charge in [0.2, 0.25) is 0 Å². The van der Waals surface area contributed by atoms with Gasteiger partial charge in [0.05, 0.1) is 0 Å². The van der Waals surface area contributed by atoms with Gasteiger partial charge in [0.15, 0.2) is 0 Å². The maximum atomic E-state index is 6.17. The predicted molar refractivity (Wildman–Crippen MR) is 53.6 cm³/mol. The first kappa shape index (κ1) is 8.90. The number of alkyl halides is 2. The summed E-state index contributed by atoms with van der Waals surface area (Å²) in [4.78, 5) is 0. The van der Waals surface area contributed by atoms with Gasteiger partial charge in [0, 0.05) is 5.41 Å². The first-order chi connectivity index (χ1) is 5.21. The molecule has 0 unspecified atom stereocenters. The molecule has 0 aliphatic heterocycles. The van der Waals surface area contributed by atoms with Gasteiger partial charge in [0.1, 0.15) is 4.33 Å². The number of hydrogen-bond acceptors (Lipinski definition) is 0. The Morgan fingerprint density at radius 2 is 1.42 bits per heavy atom. The highest BCUT2D eigenvalue weighted by Gasteiger charge is 2.69. The molecule has 0 heterocycles. The van der Waals surface area contributed by atoms with Gasteiger partial charge in [-0.25, -0.2) is 0 Å². The fourth-order valence-corrected chi connectivity index (χ4v) is 2.75. The van der Waals surface area contributed by atoms with Crippen LogP contribution in [0.2, 0.25) is 0 Å². The van der Waals surface area contributed by atoms with Crippen molar-refractivity contribution in [3.05, 3.63) is 11.1 Å². The van der Waals surface area contributed by atoms with Gasteiger partial charge in [0.25, 0.3) is 0 Å². The molecular weight excluding hydrogens is 191 g/mol. The quantitative estimate of drug-likeness (QED) is 0.415. The molecule has 2 saturated carbocycles. The number of hydrogen-bond donors (Lipinski definition) is 0. The van der Waals surface area contributed by atoms with Gasteiger partial charge in [-0.3, -0.25) is 0 Å².